The van der Waals surface area contributed by atoms with Crippen molar-refractivity contribution in [2.75, 3.05) is 13.2 Å². The first-order chi connectivity index (χ1) is 11.5. The molecule has 0 N–H and O–H groups in total. The minimum Gasteiger partial charge on any atom is -0.464 e. The normalized spacial score (nSPS) is 19.2. The number of hydrogen-bond donors (Lipinski definition) is 0. The van der Waals surface area contributed by atoms with Crippen LogP contribution in [0, 0.1) is 5.92 Å². The van der Waals surface area contributed by atoms with Gasteiger partial charge in [0.2, 0.25) is 0 Å². The lowest BCUT2D eigenvalue weighted by Crippen LogP contribution is -2.40. The third-order valence-corrected chi connectivity index (χ3v) is 5.70. The second kappa shape index (κ2) is 9.38. The number of carbonyl (C=O) groups excluding carboxylic acids is 1. The maximum absolute atomic E-state index is 12.8. The first-order valence-electron chi connectivity index (χ1n) is 9.13. The minimum absolute atomic E-state index is 0.0681. The molecular weight excluding hydrogens is 318 g/mol. The van der Waals surface area contributed by atoms with Crippen LogP contribution in [-0.2, 0) is 9.53 Å². The highest BCUT2D eigenvalue weighted by Crippen LogP contribution is 2.35. The number of hydrogen-bond acceptors (Lipinski definition) is 4. The molecule has 2 atom stereocenters. The van der Waals surface area contributed by atoms with E-state index in [-0.39, 0.29) is 17.8 Å². The van der Waals surface area contributed by atoms with Gasteiger partial charge in [-0.3, -0.25) is 9.69 Å². The predicted octanol–water partition coefficient (Wildman–Crippen LogP) is 4.85. The summed E-state index contributed by atoms with van der Waals surface area (Å²) in [5.74, 6) is 0.0609. The zero-order valence-corrected chi connectivity index (χ0v) is 16.2. The van der Waals surface area contributed by atoms with Gasteiger partial charge in [0.1, 0.15) is 6.61 Å². The zero-order chi connectivity index (χ0) is 17.5. The van der Waals surface area contributed by atoms with Crippen LogP contribution in [0.3, 0.4) is 0 Å². The maximum atomic E-state index is 12.8. The largest absolute Gasteiger partial charge is 0.464 e. The van der Waals surface area contributed by atoms with Crippen LogP contribution in [0.15, 0.2) is 29.7 Å². The fourth-order valence-corrected chi connectivity index (χ4v) is 4.43. The second-order valence-electron chi connectivity index (χ2n) is 7.11. The van der Waals surface area contributed by atoms with Crippen LogP contribution < -0.4 is 0 Å². The van der Waals surface area contributed by atoms with E-state index < -0.39 is 0 Å². The van der Waals surface area contributed by atoms with E-state index in [9.17, 15) is 4.79 Å². The van der Waals surface area contributed by atoms with E-state index in [4.69, 9.17) is 4.74 Å². The first kappa shape index (κ1) is 19.2. The number of thiophene rings is 1. The highest BCUT2D eigenvalue weighted by molar-refractivity contribution is 7.10. The van der Waals surface area contributed by atoms with Gasteiger partial charge < -0.3 is 4.74 Å². The SMILES string of the molecule is CC(C)N(CCOC(=O)[C@H](c1cccs1)[C@H]1C=CCCC1)C(C)C. The van der Waals surface area contributed by atoms with Gasteiger partial charge in [0, 0.05) is 23.5 Å². The van der Waals surface area contributed by atoms with Crippen molar-refractivity contribution in [3.05, 3.63) is 34.5 Å². The third-order valence-electron chi connectivity index (χ3n) is 4.74. The van der Waals surface area contributed by atoms with Crippen LogP contribution in [0.5, 0.6) is 0 Å². The lowest BCUT2D eigenvalue weighted by atomic mass is 9.83. The second-order valence-corrected chi connectivity index (χ2v) is 8.09. The van der Waals surface area contributed by atoms with Gasteiger partial charge in [-0.25, -0.2) is 0 Å². The van der Waals surface area contributed by atoms with Gasteiger partial charge in [-0.15, -0.1) is 11.3 Å². The lowest BCUT2D eigenvalue weighted by Gasteiger charge is -2.30. The number of rotatable bonds is 8. The van der Waals surface area contributed by atoms with Gasteiger partial charge in [-0.1, -0.05) is 18.2 Å². The highest BCUT2D eigenvalue weighted by Gasteiger charge is 2.31. The Morgan fingerprint density at radius 3 is 2.62 bits per heavy atom. The molecule has 0 aromatic carbocycles. The van der Waals surface area contributed by atoms with Gasteiger partial charge in [-0.05, 0) is 64.3 Å². The summed E-state index contributed by atoms with van der Waals surface area (Å²) >= 11 is 1.66. The fourth-order valence-electron chi connectivity index (χ4n) is 3.54. The Bertz CT molecular complexity index is 514. The zero-order valence-electron chi connectivity index (χ0n) is 15.4. The molecule has 1 aromatic rings. The van der Waals surface area contributed by atoms with Gasteiger partial charge in [0.25, 0.3) is 0 Å². The molecule has 24 heavy (non-hydrogen) atoms. The standard InChI is InChI=1S/C20H31NO2S/c1-15(2)21(16(3)4)12-13-23-20(22)19(18-11-8-14-24-18)17-9-6-5-7-10-17/h6,8-9,11,14-17,19H,5,7,10,12-13H2,1-4H3/t17-,19-/m0/s1. The molecule has 0 unspecified atom stereocenters. The van der Waals surface area contributed by atoms with Crippen LogP contribution in [0.1, 0.15) is 57.8 Å². The quantitative estimate of drug-likeness (QED) is 0.496. The van der Waals surface area contributed by atoms with Crippen LogP contribution in [0.2, 0.25) is 0 Å². The van der Waals surface area contributed by atoms with Crippen LogP contribution >= 0.6 is 11.3 Å². The Balaban J connectivity index is 1.98. The average Bonchev–Trinajstić information content (AvgIpc) is 3.06. The van der Waals surface area contributed by atoms with E-state index in [1.54, 1.807) is 11.3 Å². The van der Waals surface area contributed by atoms with Crippen LogP contribution in [0.4, 0.5) is 0 Å². The monoisotopic (exact) mass is 349 g/mol. The summed E-state index contributed by atoms with van der Waals surface area (Å²) in [4.78, 5) is 16.3. The molecule has 1 aliphatic rings. The summed E-state index contributed by atoms with van der Waals surface area (Å²) in [6.45, 7) is 9.99. The smallest absolute Gasteiger partial charge is 0.314 e. The van der Waals surface area contributed by atoms with Gasteiger partial charge in [0.15, 0.2) is 0 Å². The Hall–Kier alpha value is -1.13. The van der Waals surface area contributed by atoms with Crippen LogP contribution in [0.25, 0.3) is 0 Å². The number of carbonyl (C=O) groups is 1. The first-order valence-corrected chi connectivity index (χ1v) is 10.0. The Morgan fingerprint density at radius 2 is 2.08 bits per heavy atom. The molecule has 0 bridgehead atoms. The molecule has 1 heterocycles. The average molecular weight is 350 g/mol. The van der Waals surface area contributed by atoms with Crippen molar-refractivity contribution in [2.45, 2.75) is 65.0 Å². The van der Waals surface area contributed by atoms with E-state index in [0.717, 1.165) is 30.7 Å². The number of nitrogens with zero attached hydrogens (tertiary/aromatic N) is 1. The maximum Gasteiger partial charge on any atom is 0.314 e. The predicted molar refractivity (Wildman–Crippen MR) is 101 cm³/mol. The molecule has 0 spiro atoms. The minimum atomic E-state index is -0.145. The summed E-state index contributed by atoms with van der Waals surface area (Å²) in [6.07, 6.45) is 7.77. The van der Waals surface area contributed by atoms with Crippen molar-refractivity contribution in [1.82, 2.24) is 4.90 Å². The third kappa shape index (κ3) is 5.18. The summed E-state index contributed by atoms with van der Waals surface area (Å²) in [6, 6.07) is 5.00. The van der Waals surface area contributed by atoms with Crippen molar-refractivity contribution in [3.63, 3.8) is 0 Å². The van der Waals surface area contributed by atoms with Crippen molar-refractivity contribution >= 4 is 17.3 Å². The van der Waals surface area contributed by atoms with Gasteiger partial charge >= 0.3 is 5.97 Å². The molecule has 0 saturated carbocycles. The van der Waals surface area contributed by atoms with E-state index in [1.807, 2.05) is 11.4 Å². The van der Waals surface area contributed by atoms with E-state index in [1.165, 1.54) is 0 Å². The highest BCUT2D eigenvalue weighted by atomic mass is 32.1. The molecule has 0 amide bonds. The Kier molecular flexibility index (Phi) is 7.50. The summed E-state index contributed by atoms with van der Waals surface area (Å²) < 4.78 is 5.70. The van der Waals surface area contributed by atoms with Crippen molar-refractivity contribution < 1.29 is 9.53 Å². The molecule has 4 heteroatoms. The van der Waals surface area contributed by atoms with Crippen molar-refractivity contribution in [1.29, 1.82) is 0 Å². The lowest BCUT2D eigenvalue weighted by molar-refractivity contribution is -0.147. The van der Waals surface area contributed by atoms with Crippen LogP contribution in [-0.4, -0.2) is 36.1 Å². The van der Waals surface area contributed by atoms with E-state index in [2.05, 4.69) is 50.8 Å². The van der Waals surface area contributed by atoms with Crippen molar-refractivity contribution in [2.24, 2.45) is 5.92 Å². The molecule has 0 aliphatic heterocycles. The fraction of sp³-hybridized carbons (Fsp3) is 0.650. The van der Waals surface area contributed by atoms with E-state index >= 15 is 0 Å². The number of allylic oxidation sites excluding steroid dienone is 2. The van der Waals surface area contributed by atoms with Crippen molar-refractivity contribution in [3.8, 4) is 0 Å². The van der Waals surface area contributed by atoms with Gasteiger partial charge in [0.05, 0.1) is 5.92 Å². The molecule has 0 radical (unpaired) electrons. The molecule has 0 saturated heterocycles. The van der Waals surface area contributed by atoms with Gasteiger partial charge in [-0.2, -0.15) is 0 Å². The summed E-state index contributed by atoms with van der Waals surface area (Å²) in [5.41, 5.74) is 0. The molecule has 0 fully saturated rings. The Morgan fingerprint density at radius 1 is 1.33 bits per heavy atom. The number of esters is 1. The summed E-state index contributed by atoms with van der Waals surface area (Å²) in [5, 5.41) is 2.04. The number of ether oxygens (including phenoxy) is 1. The molecule has 2 rings (SSSR count). The topological polar surface area (TPSA) is 29.5 Å². The molecule has 134 valence electrons. The molecule has 1 aliphatic carbocycles. The molecular formula is C20H31NO2S. The summed E-state index contributed by atoms with van der Waals surface area (Å²) in [7, 11) is 0. The molecule has 3 nitrogen and oxygen atoms in total. The molecule has 1 aromatic heterocycles. The van der Waals surface area contributed by atoms with E-state index in [0.29, 0.717) is 18.7 Å². The Labute approximate surface area is 150 Å².